The molecule has 0 bridgehead atoms. The van der Waals surface area contributed by atoms with Crippen molar-refractivity contribution in [1.29, 1.82) is 0 Å². The SMILES string of the molecule is CCCCCNC(=O)CCN1C(=O)c2cccc3cccc(c23)C1=O. The molecule has 0 atom stereocenters. The molecule has 1 aliphatic heterocycles. The van der Waals surface area contributed by atoms with E-state index in [0.717, 1.165) is 24.6 Å². The Kier molecular flexibility index (Phi) is 5.12. The lowest BCUT2D eigenvalue weighted by molar-refractivity contribution is -0.121. The van der Waals surface area contributed by atoms with E-state index in [9.17, 15) is 14.4 Å². The molecule has 1 aliphatic rings. The molecule has 0 radical (unpaired) electrons. The quantitative estimate of drug-likeness (QED) is 0.623. The van der Waals surface area contributed by atoms with Crippen molar-refractivity contribution in [3.8, 4) is 0 Å². The van der Waals surface area contributed by atoms with Crippen molar-refractivity contribution in [2.24, 2.45) is 0 Å². The second-order valence-electron chi connectivity index (χ2n) is 6.28. The highest BCUT2D eigenvalue weighted by Gasteiger charge is 2.32. The lowest BCUT2D eigenvalue weighted by Gasteiger charge is -2.27. The van der Waals surface area contributed by atoms with Crippen LogP contribution < -0.4 is 5.32 Å². The summed E-state index contributed by atoms with van der Waals surface area (Å²) in [5.41, 5.74) is 1.05. The molecule has 0 fully saturated rings. The maximum absolute atomic E-state index is 12.7. The predicted molar refractivity (Wildman–Crippen MR) is 96.5 cm³/mol. The van der Waals surface area contributed by atoms with Gasteiger partial charge in [-0.2, -0.15) is 0 Å². The van der Waals surface area contributed by atoms with Crippen LogP contribution in [0, 0.1) is 0 Å². The molecular formula is C20H22N2O3. The van der Waals surface area contributed by atoms with Gasteiger partial charge in [0.2, 0.25) is 5.91 Å². The summed E-state index contributed by atoms with van der Waals surface area (Å²) in [7, 11) is 0. The number of nitrogens with zero attached hydrogens (tertiary/aromatic N) is 1. The predicted octanol–water partition coefficient (Wildman–Crippen LogP) is 3.13. The molecule has 1 N–H and O–H groups in total. The Balaban J connectivity index is 1.71. The molecule has 0 spiro atoms. The van der Waals surface area contributed by atoms with Crippen molar-refractivity contribution >= 4 is 28.5 Å². The van der Waals surface area contributed by atoms with Gasteiger partial charge in [-0.25, -0.2) is 0 Å². The Bertz CT molecular complexity index is 778. The summed E-state index contributed by atoms with van der Waals surface area (Å²) in [5.74, 6) is -0.782. The van der Waals surface area contributed by atoms with Gasteiger partial charge in [0.25, 0.3) is 11.8 Å². The average molecular weight is 338 g/mol. The number of benzene rings is 2. The van der Waals surface area contributed by atoms with Gasteiger partial charge in [0.1, 0.15) is 0 Å². The number of rotatable bonds is 7. The molecule has 25 heavy (non-hydrogen) atoms. The van der Waals surface area contributed by atoms with E-state index in [-0.39, 0.29) is 30.7 Å². The molecule has 0 aliphatic carbocycles. The largest absolute Gasteiger partial charge is 0.356 e. The highest BCUT2D eigenvalue weighted by molar-refractivity contribution is 6.25. The van der Waals surface area contributed by atoms with E-state index < -0.39 is 0 Å². The third-order valence-electron chi connectivity index (χ3n) is 4.52. The zero-order valence-electron chi connectivity index (χ0n) is 14.4. The summed E-state index contributed by atoms with van der Waals surface area (Å²) in [5, 5.41) is 4.43. The second kappa shape index (κ2) is 7.47. The van der Waals surface area contributed by atoms with Crippen LogP contribution in [-0.4, -0.2) is 35.7 Å². The van der Waals surface area contributed by atoms with Crippen molar-refractivity contribution in [1.82, 2.24) is 10.2 Å². The molecule has 0 saturated carbocycles. The molecule has 2 aromatic carbocycles. The van der Waals surface area contributed by atoms with Crippen LogP contribution in [0.3, 0.4) is 0 Å². The Morgan fingerprint density at radius 3 is 2.24 bits per heavy atom. The summed E-state index contributed by atoms with van der Waals surface area (Å²) < 4.78 is 0. The van der Waals surface area contributed by atoms with Gasteiger partial charge in [0, 0.05) is 36.0 Å². The van der Waals surface area contributed by atoms with Gasteiger partial charge in [-0.1, -0.05) is 44.0 Å². The maximum Gasteiger partial charge on any atom is 0.261 e. The first-order valence-electron chi connectivity index (χ1n) is 8.78. The molecule has 130 valence electrons. The average Bonchev–Trinajstić information content (AvgIpc) is 2.63. The van der Waals surface area contributed by atoms with Gasteiger partial charge in [0.15, 0.2) is 0 Å². The van der Waals surface area contributed by atoms with Gasteiger partial charge in [-0.3, -0.25) is 19.3 Å². The molecule has 2 aromatic rings. The highest BCUT2D eigenvalue weighted by Crippen LogP contribution is 2.29. The van der Waals surface area contributed by atoms with Crippen molar-refractivity contribution in [3.63, 3.8) is 0 Å². The molecule has 1 heterocycles. The second-order valence-corrected chi connectivity index (χ2v) is 6.28. The van der Waals surface area contributed by atoms with Crippen LogP contribution >= 0.6 is 0 Å². The van der Waals surface area contributed by atoms with E-state index in [1.807, 2.05) is 24.3 Å². The van der Waals surface area contributed by atoms with Crippen LogP contribution in [0.2, 0.25) is 0 Å². The Morgan fingerprint density at radius 1 is 1.00 bits per heavy atom. The summed E-state index contributed by atoms with van der Waals surface area (Å²) in [6.07, 6.45) is 3.24. The number of imide groups is 1. The van der Waals surface area contributed by atoms with E-state index in [4.69, 9.17) is 0 Å². The van der Waals surface area contributed by atoms with Gasteiger partial charge >= 0.3 is 0 Å². The van der Waals surface area contributed by atoms with Crippen LogP contribution in [0.4, 0.5) is 0 Å². The standard InChI is InChI=1S/C20H22N2O3/c1-2-3-4-12-21-17(23)11-13-22-19(24)15-9-5-7-14-8-6-10-16(18(14)15)20(22)25/h5-10H,2-4,11-13H2,1H3,(H,21,23). The lowest BCUT2D eigenvalue weighted by atomic mass is 9.94. The molecule has 3 amide bonds. The van der Waals surface area contributed by atoms with E-state index >= 15 is 0 Å². The van der Waals surface area contributed by atoms with Crippen molar-refractivity contribution < 1.29 is 14.4 Å². The summed E-state index contributed by atoms with van der Waals surface area (Å²) in [6, 6.07) is 10.9. The van der Waals surface area contributed by atoms with Crippen LogP contribution in [-0.2, 0) is 4.79 Å². The number of hydrogen-bond acceptors (Lipinski definition) is 3. The first kappa shape index (κ1) is 17.1. The lowest BCUT2D eigenvalue weighted by Crippen LogP contribution is -2.42. The smallest absolute Gasteiger partial charge is 0.261 e. The molecule has 0 unspecified atom stereocenters. The van der Waals surface area contributed by atoms with Gasteiger partial charge in [-0.15, -0.1) is 0 Å². The van der Waals surface area contributed by atoms with Crippen LogP contribution in [0.25, 0.3) is 10.8 Å². The molecule has 0 aromatic heterocycles. The van der Waals surface area contributed by atoms with Crippen molar-refractivity contribution in [2.45, 2.75) is 32.6 Å². The molecule has 5 heteroatoms. The van der Waals surface area contributed by atoms with Crippen molar-refractivity contribution in [2.75, 3.05) is 13.1 Å². The van der Waals surface area contributed by atoms with Gasteiger partial charge in [-0.05, 0) is 23.9 Å². The van der Waals surface area contributed by atoms with E-state index in [2.05, 4.69) is 12.2 Å². The van der Waals surface area contributed by atoms with E-state index in [0.29, 0.717) is 23.1 Å². The number of nitrogens with one attached hydrogen (secondary N) is 1. The fourth-order valence-corrected chi connectivity index (χ4v) is 3.19. The Morgan fingerprint density at radius 2 is 1.64 bits per heavy atom. The minimum absolute atomic E-state index is 0.0992. The monoisotopic (exact) mass is 338 g/mol. The third-order valence-corrected chi connectivity index (χ3v) is 4.52. The number of carbonyl (C=O) groups excluding carboxylic acids is 3. The Hall–Kier alpha value is -2.69. The first-order valence-corrected chi connectivity index (χ1v) is 8.78. The molecular weight excluding hydrogens is 316 g/mol. The fourth-order valence-electron chi connectivity index (χ4n) is 3.19. The minimum Gasteiger partial charge on any atom is -0.356 e. The van der Waals surface area contributed by atoms with Crippen molar-refractivity contribution in [3.05, 3.63) is 47.5 Å². The molecule has 3 rings (SSSR count). The zero-order valence-corrected chi connectivity index (χ0v) is 14.4. The highest BCUT2D eigenvalue weighted by atomic mass is 16.2. The van der Waals surface area contributed by atoms with Crippen LogP contribution in [0.5, 0.6) is 0 Å². The fraction of sp³-hybridized carbons (Fsp3) is 0.350. The van der Waals surface area contributed by atoms with Gasteiger partial charge < -0.3 is 5.32 Å². The minimum atomic E-state index is -0.326. The van der Waals surface area contributed by atoms with Gasteiger partial charge in [0.05, 0.1) is 0 Å². The summed E-state index contributed by atoms with van der Waals surface area (Å²) in [4.78, 5) is 38.5. The number of amides is 3. The maximum atomic E-state index is 12.7. The Labute approximate surface area is 147 Å². The van der Waals surface area contributed by atoms with Crippen LogP contribution in [0.15, 0.2) is 36.4 Å². The van der Waals surface area contributed by atoms with E-state index in [1.54, 1.807) is 12.1 Å². The third kappa shape index (κ3) is 3.40. The normalized spacial score (nSPS) is 13.4. The number of carbonyl (C=O) groups is 3. The zero-order chi connectivity index (χ0) is 17.8. The first-order chi connectivity index (χ1) is 12.1. The van der Waals surface area contributed by atoms with Crippen LogP contribution in [0.1, 0.15) is 53.3 Å². The van der Waals surface area contributed by atoms with E-state index in [1.165, 1.54) is 4.90 Å². The summed E-state index contributed by atoms with van der Waals surface area (Å²) in [6.45, 7) is 2.84. The topological polar surface area (TPSA) is 66.5 Å². The number of unbranched alkanes of at least 4 members (excludes halogenated alkanes) is 2. The number of hydrogen-bond donors (Lipinski definition) is 1. The molecule has 0 saturated heterocycles. The summed E-state index contributed by atoms with van der Waals surface area (Å²) >= 11 is 0. The molecule has 5 nitrogen and oxygen atoms in total.